The summed E-state index contributed by atoms with van der Waals surface area (Å²) in [4.78, 5) is 4.24. The molecule has 1 aliphatic heterocycles. The van der Waals surface area contributed by atoms with Gasteiger partial charge in [-0.1, -0.05) is 19.1 Å². The van der Waals surface area contributed by atoms with Crippen molar-refractivity contribution in [2.24, 2.45) is 4.99 Å². The second-order valence-electron chi connectivity index (χ2n) is 2.56. The van der Waals surface area contributed by atoms with Crippen LogP contribution in [0.25, 0.3) is 0 Å². The Balaban J connectivity index is 2.24. The Kier molecular flexibility index (Phi) is 3.73. The van der Waals surface area contributed by atoms with E-state index < -0.39 is 0 Å². The third-order valence-corrected chi connectivity index (χ3v) is 1.55. The molecule has 0 saturated heterocycles. The number of ether oxygens (including phenoxy) is 1. The normalized spacial score (nSPS) is 18.1. The van der Waals surface area contributed by atoms with Crippen LogP contribution in [-0.2, 0) is 4.74 Å². The molecule has 0 aromatic carbocycles. The lowest BCUT2D eigenvalue weighted by molar-refractivity contribution is 0.277. The van der Waals surface area contributed by atoms with Crippen molar-refractivity contribution < 1.29 is 4.74 Å². The quantitative estimate of drug-likeness (QED) is 0.569. The van der Waals surface area contributed by atoms with Crippen molar-refractivity contribution in [3.63, 3.8) is 0 Å². The molecular formula is C9H15NO. The number of hydrogen-bond acceptors (Lipinski definition) is 2. The molecule has 0 aromatic heterocycles. The van der Waals surface area contributed by atoms with Gasteiger partial charge in [0, 0.05) is 19.4 Å². The molecule has 0 aromatic rings. The largest absolute Gasteiger partial charge is 0.481 e. The first kappa shape index (κ1) is 8.31. The van der Waals surface area contributed by atoms with E-state index in [9.17, 15) is 0 Å². The second kappa shape index (κ2) is 4.94. The highest BCUT2D eigenvalue weighted by molar-refractivity contribution is 5.77. The molecule has 0 radical (unpaired) electrons. The fraction of sp³-hybridized carbons (Fsp3) is 0.667. The van der Waals surface area contributed by atoms with Gasteiger partial charge in [-0.2, -0.15) is 0 Å². The third kappa shape index (κ3) is 3.21. The lowest BCUT2D eigenvalue weighted by Gasteiger charge is -2.11. The summed E-state index contributed by atoms with van der Waals surface area (Å²) in [5.41, 5.74) is 0. The first-order valence-electron chi connectivity index (χ1n) is 4.24. The van der Waals surface area contributed by atoms with Crippen molar-refractivity contribution in [2.45, 2.75) is 26.2 Å². The van der Waals surface area contributed by atoms with Crippen molar-refractivity contribution in [1.29, 1.82) is 0 Å². The van der Waals surface area contributed by atoms with Gasteiger partial charge in [0.05, 0.1) is 6.61 Å². The zero-order valence-corrected chi connectivity index (χ0v) is 7.05. The third-order valence-electron chi connectivity index (χ3n) is 1.55. The van der Waals surface area contributed by atoms with Crippen LogP contribution in [-0.4, -0.2) is 19.0 Å². The Bertz CT molecular complexity index is 161. The van der Waals surface area contributed by atoms with Crippen LogP contribution in [0.3, 0.4) is 0 Å². The van der Waals surface area contributed by atoms with Crippen molar-refractivity contribution in [1.82, 2.24) is 0 Å². The first-order valence-corrected chi connectivity index (χ1v) is 4.24. The molecular weight excluding hydrogens is 138 g/mol. The Labute approximate surface area is 68.0 Å². The van der Waals surface area contributed by atoms with Crippen molar-refractivity contribution in [3.8, 4) is 0 Å². The van der Waals surface area contributed by atoms with Gasteiger partial charge in [0.25, 0.3) is 0 Å². The molecule has 62 valence electrons. The molecule has 0 bridgehead atoms. The van der Waals surface area contributed by atoms with E-state index in [2.05, 4.69) is 24.1 Å². The molecule has 0 saturated carbocycles. The van der Waals surface area contributed by atoms with Crippen LogP contribution in [0.4, 0.5) is 0 Å². The minimum atomic E-state index is 0.846. The minimum Gasteiger partial charge on any atom is -0.481 e. The molecule has 0 atom stereocenters. The number of allylic oxidation sites excluding steroid dienone is 1. The van der Waals surface area contributed by atoms with E-state index in [1.54, 1.807) is 0 Å². The molecule has 0 unspecified atom stereocenters. The fourth-order valence-corrected chi connectivity index (χ4v) is 0.978. The highest BCUT2D eigenvalue weighted by Gasteiger charge is 2.02. The van der Waals surface area contributed by atoms with Crippen LogP contribution in [0.5, 0.6) is 0 Å². The van der Waals surface area contributed by atoms with Crippen LogP contribution in [0.1, 0.15) is 26.2 Å². The molecule has 1 aliphatic rings. The highest BCUT2D eigenvalue weighted by atomic mass is 16.5. The van der Waals surface area contributed by atoms with Gasteiger partial charge in [-0.05, 0) is 6.42 Å². The van der Waals surface area contributed by atoms with Crippen LogP contribution in [0.15, 0.2) is 17.1 Å². The summed E-state index contributed by atoms with van der Waals surface area (Å²) in [7, 11) is 0. The van der Waals surface area contributed by atoms with Gasteiger partial charge in [-0.3, -0.25) is 4.99 Å². The molecule has 1 heterocycles. The molecule has 0 N–H and O–H groups in total. The maximum Gasteiger partial charge on any atom is 0.187 e. The van der Waals surface area contributed by atoms with Crippen LogP contribution >= 0.6 is 0 Å². The minimum absolute atomic E-state index is 0.846. The SMILES string of the molecule is CCC=CCC1=NCCCO1. The molecule has 0 aliphatic carbocycles. The summed E-state index contributed by atoms with van der Waals surface area (Å²) in [5.74, 6) is 0.904. The average Bonchev–Trinajstić information content (AvgIpc) is 2.07. The number of hydrogen-bond donors (Lipinski definition) is 0. The fourth-order valence-electron chi connectivity index (χ4n) is 0.978. The van der Waals surface area contributed by atoms with Crippen LogP contribution in [0.2, 0.25) is 0 Å². The van der Waals surface area contributed by atoms with E-state index in [0.29, 0.717) is 0 Å². The van der Waals surface area contributed by atoms with Gasteiger partial charge in [0.1, 0.15) is 0 Å². The van der Waals surface area contributed by atoms with E-state index in [1.807, 2.05) is 0 Å². The number of aliphatic imine (C=N–C) groups is 1. The summed E-state index contributed by atoms with van der Waals surface area (Å²) < 4.78 is 5.32. The summed E-state index contributed by atoms with van der Waals surface area (Å²) in [6.07, 6.45) is 7.28. The van der Waals surface area contributed by atoms with E-state index in [0.717, 1.165) is 38.3 Å². The molecule has 11 heavy (non-hydrogen) atoms. The highest BCUT2D eigenvalue weighted by Crippen LogP contribution is 2.00. The standard InChI is InChI=1S/C9H15NO/c1-2-3-4-6-9-10-7-5-8-11-9/h3-4H,2,5-8H2,1H3. The van der Waals surface area contributed by atoms with E-state index in [4.69, 9.17) is 4.74 Å². The number of nitrogens with zero attached hydrogens (tertiary/aromatic N) is 1. The van der Waals surface area contributed by atoms with E-state index in [-0.39, 0.29) is 0 Å². The molecule has 1 rings (SSSR count). The lowest BCUT2D eigenvalue weighted by Crippen LogP contribution is -2.12. The lowest BCUT2D eigenvalue weighted by atomic mass is 10.3. The van der Waals surface area contributed by atoms with Gasteiger partial charge in [0.15, 0.2) is 5.90 Å². The predicted molar refractivity (Wildman–Crippen MR) is 46.9 cm³/mol. The first-order chi connectivity index (χ1) is 5.43. The summed E-state index contributed by atoms with van der Waals surface area (Å²) >= 11 is 0. The van der Waals surface area contributed by atoms with Crippen molar-refractivity contribution in [2.75, 3.05) is 13.2 Å². The Morgan fingerprint density at radius 1 is 1.55 bits per heavy atom. The van der Waals surface area contributed by atoms with Gasteiger partial charge < -0.3 is 4.74 Å². The predicted octanol–water partition coefficient (Wildman–Crippen LogP) is 2.16. The van der Waals surface area contributed by atoms with Crippen molar-refractivity contribution >= 4 is 5.90 Å². The molecule has 0 fully saturated rings. The monoisotopic (exact) mass is 153 g/mol. The molecule has 0 spiro atoms. The Hall–Kier alpha value is -0.790. The smallest absolute Gasteiger partial charge is 0.187 e. The zero-order valence-electron chi connectivity index (χ0n) is 7.05. The Morgan fingerprint density at radius 3 is 3.09 bits per heavy atom. The maximum atomic E-state index is 5.32. The summed E-state index contributed by atoms with van der Waals surface area (Å²) in [6, 6.07) is 0. The van der Waals surface area contributed by atoms with Gasteiger partial charge >= 0.3 is 0 Å². The second-order valence-corrected chi connectivity index (χ2v) is 2.56. The molecule has 0 amide bonds. The summed E-state index contributed by atoms with van der Waals surface area (Å²) in [5, 5.41) is 0. The van der Waals surface area contributed by atoms with Gasteiger partial charge in [-0.15, -0.1) is 0 Å². The van der Waals surface area contributed by atoms with Crippen LogP contribution < -0.4 is 0 Å². The van der Waals surface area contributed by atoms with Crippen LogP contribution in [0, 0.1) is 0 Å². The van der Waals surface area contributed by atoms with Gasteiger partial charge in [0.2, 0.25) is 0 Å². The average molecular weight is 153 g/mol. The van der Waals surface area contributed by atoms with E-state index in [1.165, 1.54) is 0 Å². The van der Waals surface area contributed by atoms with E-state index >= 15 is 0 Å². The molecule has 2 nitrogen and oxygen atoms in total. The topological polar surface area (TPSA) is 21.6 Å². The zero-order chi connectivity index (χ0) is 7.94. The van der Waals surface area contributed by atoms with Crippen molar-refractivity contribution in [3.05, 3.63) is 12.2 Å². The van der Waals surface area contributed by atoms with Gasteiger partial charge in [-0.25, -0.2) is 0 Å². The summed E-state index contributed by atoms with van der Waals surface area (Å²) in [6.45, 7) is 3.91. The number of rotatable bonds is 3. The maximum absolute atomic E-state index is 5.32. The molecule has 2 heteroatoms. The Morgan fingerprint density at radius 2 is 2.45 bits per heavy atom.